The molecule has 2 amide bonds. The Morgan fingerprint density at radius 2 is 1.93 bits per heavy atom. The first-order chi connectivity index (χ1) is 13.1. The summed E-state index contributed by atoms with van der Waals surface area (Å²) in [5.74, 6) is -0.637. The number of benzene rings is 2. The van der Waals surface area contributed by atoms with Gasteiger partial charge in [0.2, 0.25) is 11.8 Å². The van der Waals surface area contributed by atoms with Crippen molar-refractivity contribution in [1.29, 1.82) is 0 Å². The number of aromatic nitrogens is 2. The SMILES string of the molecule is O=C(Nc1cccc(-n2cccn2)c1)C1CC(=O)N(c2ccc(Cl)cc2)C1. The molecule has 7 heteroatoms. The van der Waals surface area contributed by atoms with Gasteiger partial charge in [-0.2, -0.15) is 5.10 Å². The normalized spacial score (nSPS) is 16.6. The molecule has 0 aliphatic carbocycles. The smallest absolute Gasteiger partial charge is 0.229 e. The molecule has 1 fully saturated rings. The van der Waals surface area contributed by atoms with E-state index >= 15 is 0 Å². The summed E-state index contributed by atoms with van der Waals surface area (Å²) >= 11 is 5.90. The van der Waals surface area contributed by atoms with E-state index in [0.717, 1.165) is 11.4 Å². The molecule has 2 heterocycles. The maximum atomic E-state index is 12.7. The summed E-state index contributed by atoms with van der Waals surface area (Å²) in [4.78, 5) is 26.6. The number of amides is 2. The van der Waals surface area contributed by atoms with Crippen molar-refractivity contribution in [3.63, 3.8) is 0 Å². The average molecular weight is 381 g/mol. The van der Waals surface area contributed by atoms with E-state index in [4.69, 9.17) is 11.6 Å². The molecule has 27 heavy (non-hydrogen) atoms. The highest BCUT2D eigenvalue weighted by Gasteiger charge is 2.35. The number of hydrogen-bond acceptors (Lipinski definition) is 3. The van der Waals surface area contributed by atoms with Gasteiger partial charge in [-0.25, -0.2) is 4.68 Å². The molecule has 3 aromatic rings. The van der Waals surface area contributed by atoms with E-state index in [1.165, 1.54) is 0 Å². The van der Waals surface area contributed by atoms with E-state index in [2.05, 4.69) is 10.4 Å². The number of nitrogens with zero attached hydrogens (tertiary/aromatic N) is 3. The van der Waals surface area contributed by atoms with E-state index < -0.39 is 5.92 Å². The van der Waals surface area contributed by atoms with Gasteiger partial charge < -0.3 is 10.2 Å². The van der Waals surface area contributed by atoms with Gasteiger partial charge in [0.25, 0.3) is 0 Å². The Morgan fingerprint density at radius 3 is 2.67 bits per heavy atom. The fraction of sp³-hybridized carbons (Fsp3) is 0.150. The third-order valence-corrected chi connectivity index (χ3v) is 4.77. The van der Waals surface area contributed by atoms with Gasteiger partial charge >= 0.3 is 0 Å². The Balaban J connectivity index is 1.45. The molecule has 0 saturated carbocycles. The summed E-state index contributed by atoms with van der Waals surface area (Å²) in [6, 6.07) is 16.3. The Bertz CT molecular complexity index is 970. The summed E-state index contributed by atoms with van der Waals surface area (Å²) in [5.41, 5.74) is 2.27. The number of carbonyl (C=O) groups excluding carboxylic acids is 2. The Labute approximate surface area is 161 Å². The lowest BCUT2D eigenvalue weighted by Crippen LogP contribution is -2.28. The van der Waals surface area contributed by atoms with Gasteiger partial charge in [-0.1, -0.05) is 17.7 Å². The summed E-state index contributed by atoms with van der Waals surface area (Å²) in [7, 11) is 0. The Kier molecular flexibility index (Phi) is 4.64. The Hall–Kier alpha value is -3.12. The van der Waals surface area contributed by atoms with Crippen LogP contribution in [0.3, 0.4) is 0 Å². The maximum Gasteiger partial charge on any atom is 0.229 e. The molecule has 1 atom stereocenters. The van der Waals surface area contributed by atoms with Crippen molar-refractivity contribution in [2.24, 2.45) is 5.92 Å². The van der Waals surface area contributed by atoms with Crippen LogP contribution in [0.2, 0.25) is 5.02 Å². The molecule has 0 spiro atoms. The van der Waals surface area contributed by atoms with Crippen LogP contribution in [0.15, 0.2) is 67.0 Å². The molecule has 4 rings (SSSR count). The highest BCUT2D eigenvalue weighted by Crippen LogP contribution is 2.27. The summed E-state index contributed by atoms with van der Waals surface area (Å²) in [5, 5.41) is 7.70. The van der Waals surface area contributed by atoms with Crippen LogP contribution in [-0.4, -0.2) is 28.1 Å². The zero-order valence-corrected chi connectivity index (χ0v) is 15.1. The third kappa shape index (κ3) is 3.71. The highest BCUT2D eigenvalue weighted by atomic mass is 35.5. The van der Waals surface area contributed by atoms with Gasteiger partial charge in [-0.05, 0) is 48.5 Å². The minimum Gasteiger partial charge on any atom is -0.326 e. The van der Waals surface area contributed by atoms with E-state index in [1.54, 1.807) is 40.0 Å². The second-order valence-electron chi connectivity index (χ2n) is 6.37. The molecule has 1 aliphatic rings. The van der Waals surface area contributed by atoms with Crippen LogP contribution < -0.4 is 10.2 Å². The van der Waals surface area contributed by atoms with E-state index in [9.17, 15) is 9.59 Å². The van der Waals surface area contributed by atoms with E-state index in [1.807, 2.05) is 36.5 Å². The minimum absolute atomic E-state index is 0.0669. The lowest BCUT2D eigenvalue weighted by molar-refractivity contribution is -0.122. The van der Waals surface area contributed by atoms with Crippen molar-refractivity contribution in [3.8, 4) is 5.69 Å². The van der Waals surface area contributed by atoms with Gasteiger partial charge in [-0.3, -0.25) is 9.59 Å². The first kappa shape index (κ1) is 17.3. The number of carbonyl (C=O) groups is 2. The second-order valence-corrected chi connectivity index (χ2v) is 6.81. The molecule has 0 bridgehead atoms. The van der Waals surface area contributed by atoms with E-state index in [0.29, 0.717) is 17.3 Å². The monoisotopic (exact) mass is 380 g/mol. The standard InChI is InChI=1S/C20H17ClN4O2/c21-15-5-7-17(8-6-15)24-13-14(11-19(24)26)20(27)23-16-3-1-4-18(12-16)25-10-2-9-22-25/h1-10,12,14H,11,13H2,(H,23,27). The number of nitrogens with one attached hydrogen (secondary N) is 1. The van der Waals surface area contributed by atoms with Crippen molar-refractivity contribution in [3.05, 3.63) is 72.0 Å². The number of anilines is 2. The molecule has 1 N–H and O–H groups in total. The van der Waals surface area contributed by atoms with Crippen LogP contribution in [0, 0.1) is 5.92 Å². The molecule has 1 aromatic heterocycles. The zero-order valence-electron chi connectivity index (χ0n) is 14.4. The molecular weight excluding hydrogens is 364 g/mol. The highest BCUT2D eigenvalue weighted by molar-refractivity contribution is 6.30. The average Bonchev–Trinajstić information content (AvgIpc) is 3.33. The predicted octanol–water partition coefficient (Wildman–Crippen LogP) is 3.52. The molecule has 0 radical (unpaired) electrons. The van der Waals surface area contributed by atoms with Gasteiger partial charge in [0.1, 0.15) is 0 Å². The quantitative estimate of drug-likeness (QED) is 0.753. The Morgan fingerprint density at radius 1 is 1.11 bits per heavy atom. The largest absolute Gasteiger partial charge is 0.326 e. The summed E-state index contributed by atoms with van der Waals surface area (Å²) in [6.45, 7) is 0.352. The molecule has 1 saturated heterocycles. The lowest BCUT2D eigenvalue weighted by Gasteiger charge is -2.17. The van der Waals surface area contributed by atoms with Crippen molar-refractivity contribution in [2.45, 2.75) is 6.42 Å². The third-order valence-electron chi connectivity index (χ3n) is 4.52. The van der Waals surface area contributed by atoms with Gasteiger partial charge in [0.05, 0.1) is 11.6 Å². The van der Waals surface area contributed by atoms with Crippen LogP contribution in [0.1, 0.15) is 6.42 Å². The van der Waals surface area contributed by atoms with E-state index in [-0.39, 0.29) is 18.2 Å². The number of rotatable bonds is 4. The molecule has 2 aromatic carbocycles. The van der Waals surface area contributed by atoms with Gasteiger partial charge in [0, 0.05) is 41.8 Å². The fourth-order valence-electron chi connectivity index (χ4n) is 3.15. The number of hydrogen-bond donors (Lipinski definition) is 1. The molecule has 6 nitrogen and oxygen atoms in total. The van der Waals surface area contributed by atoms with Crippen molar-refractivity contribution >= 4 is 34.8 Å². The number of halogens is 1. The first-order valence-electron chi connectivity index (χ1n) is 8.57. The van der Waals surface area contributed by atoms with Crippen LogP contribution in [0.4, 0.5) is 11.4 Å². The maximum absolute atomic E-state index is 12.7. The molecule has 136 valence electrons. The summed E-state index contributed by atoms with van der Waals surface area (Å²) < 4.78 is 1.72. The minimum atomic E-state index is -0.401. The fourth-order valence-corrected chi connectivity index (χ4v) is 3.27. The molecular formula is C20H17ClN4O2. The van der Waals surface area contributed by atoms with Crippen LogP contribution >= 0.6 is 11.6 Å². The van der Waals surface area contributed by atoms with Crippen molar-refractivity contribution < 1.29 is 9.59 Å². The lowest BCUT2D eigenvalue weighted by atomic mass is 10.1. The van der Waals surface area contributed by atoms with Gasteiger partial charge in [-0.15, -0.1) is 0 Å². The molecule has 1 aliphatic heterocycles. The van der Waals surface area contributed by atoms with Crippen LogP contribution in [0.5, 0.6) is 0 Å². The van der Waals surface area contributed by atoms with Crippen molar-refractivity contribution in [2.75, 3.05) is 16.8 Å². The summed E-state index contributed by atoms with van der Waals surface area (Å²) in [6.07, 6.45) is 3.72. The van der Waals surface area contributed by atoms with Crippen LogP contribution in [-0.2, 0) is 9.59 Å². The van der Waals surface area contributed by atoms with Crippen LogP contribution in [0.25, 0.3) is 5.69 Å². The first-order valence-corrected chi connectivity index (χ1v) is 8.95. The van der Waals surface area contributed by atoms with Gasteiger partial charge in [0.15, 0.2) is 0 Å². The molecule has 1 unspecified atom stereocenters. The second kappa shape index (κ2) is 7.25. The predicted molar refractivity (Wildman–Crippen MR) is 104 cm³/mol. The zero-order chi connectivity index (χ0) is 18.8. The topological polar surface area (TPSA) is 67.2 Å². The van der Waals surface area contributed by atoms with Crippen molar-refractivity contribution in [1.82, 2.24) is 9.78 Å².